The van der Waals surface area contributed by atoms with Crippen LogP contribution in [0, 0.1) is 12.3 Å². The van der Waals surface area contributed by atoms with Crippen LogP contribution in [-0.4, -0.2) is 34.7 Å². The Labute approximate surface area is 80.9 Å². The number of aliphatic hydroxyl groups is 1. The molecule has 1 N–H and O–H groups in total. The minimum Gasteiger partial charge on any atom is -0.389 e. The highest BCUT2D eigenvalue weighted by atomic mass is 16.3. The maximum absolute atomic E-state index is 10.0. The van der Waals surface area contributed by atoms with Crippen LogP contribution < -0.4 is 0 Å². The Morgan fingerprint density at radius 3 is 2.38 bits per heavy atom. The third-order valence-electron chi connectivity index (χ3n) is 2.89. The summed E-state index contributed by atoms with van der Waals surface area (Å²) in [5.41, 5.74) is -0.583. The summed E-state index contributed by atoms with van der Waals surface area (Å²) in [5, 5.41) is 10.0. The molecule has 1 aliphatic heterocycles. The molecule has 0 amide bonds. The third-order valence-corrected chi connectivity index (χ3v) is 2.89. The molecule has 74 valence electrons. The Hall–Kier alpha value is -0.520. The summed E-state index contributed by atoms with van der Waals surface area (Å²) in [6, 6.07) is 0.579. The highest BCUT2D eigenvalue weighted by Gasteiger charge is 2.31. The van der Waals surface area contributed by atoms with Gasteiger partial charge in [0.25, 0.3) is 0 Å². The molecule has 2 nitrogen and oxygen atoms in total. The van der Waals surface area contributed by atoms with Gasteiger partial charge in [0.05, 0.1) is 5.60 Å². The lowest BCUT2D eigenvalue weighted by atomic mass is 9.88. The number of terminal acetylenes is 1. The van der Waals surface area contributed by atoms with Crippen LogP contribution >= 0.6 is 0 Å². The average molecular weight is 181 g/mol. The zero-order chi connectivity index (χ0) is 9.90. The predicted molar refractivity (Wildman–Crippen MR) is 54.3 cm³/mol. The molecule has 1 rings (SSSR count). The van der Waals surface area contributed by atoms with E-state index in [-0.39, 0.29) is 0 Å². The molecule has 0 aromatic carbocycles. The van der Waals surface area contributed by atoms with Crippen LogP contribution in [0.1, 0.15) is 33.1 Å². The van der Waals surface area contributed by atoms with Gasteiger partial charge in [-0.25, -0.2) is 0 Å². The van der Waals surface area contributed by atoms with Crippen molar-refractivity contribution >= 4 is 0 Å². The summed E-state index contributed by atoms with van der Waals surface area (Å²) in [5.74, 6) is 2.55. The molecule has 0 bridgehead atoms. The fraction of sp³-hybridized carbons (Fsp3) is 0.818. The quantitative estimate of drug-likeness (QED) is 0.648. The van der Waals surface area contributed by atoms with Gasteiger partial charge < -0.3 is 10.0 Å². The normalized spacial score (nSPS) is 23.0. The van der Waals surface area contributed by atoms with E-state index < -0.39 is 5.60 Å². The first-order valence-corrected chi connectivity index (χ1v) is 4.97. The van der Waals surface area contributed by atoms with E-state index in [1.165, 1.54) is 0 Å². The van der Waals surface area contributed by atoms with Crippen LogP contribution in [0.25, 0.3) is 0 Å². The average Bonchev–Trinajstić information content (AvgIpc) is 2.05. The lowest BCUT2D eigenvalue weighted by Crippen LogP contribution is -2.46. The number of hydrogen-bond acceptors (Lipinski definition) is 2. The van der Waals surface area contributed by atoms with Crippen molar-refractivity contribution in [3.8, 4) is 12.3 Å². The van der Waals surface area contributed by atoms with Gasteiger partial charge in [-0.15, -0.1) is 12.3 Å². The van der Waals surface area contributed by atoms with Gasteiger partial charge in [-0.05, 0) is 26.7 Å². The molecule has 13 heavy (non-hydrogen) atoms. The Bertz CT molecular complexity index is 197. The highest BCUT2D eigenvalue weighted by molar-refractivity contribution is 4.98. The first-order valence-electron chi connectivity index (χ1n) is 4.97. The molecular formula is C11H19NO. The van der Waals surface area contributed by atoms with E-state index >= 15 is 0 Å². The van der Waals surface area contributed by atoms with Crippen molar-refractivity contribution in [3.63, 3.8) is 0 Å². The highest BCUT2D eigenvalue weighted by Crippen LogP contribution is 2.25. The first-order chi connectivity index (χ1) is 6.07. The molecule has 0 aliphatic carbocycles. The number of piperidine rings is 1. The summed E-state index contributed by atoms with van der Waals surface area (Å²) < 4.78 is 0. The summed E-state index contributed by atoms with van der Waals surface area (Å²) >= 11 is 0. The number of rotatable bonds is 2. The number of hydrogen-bond donors (Lipinski definition) is 1. The van der Waals surface area contributed by atoms with Gasteiger partial charge in [0.1, 0.15) is 0 Å². The Kier molecular flexibility index (Phi) is 3.35. The van der Waals surface area contributed by atoms with Crippen molar-refractivity contribution < 1.29 is 5.11 Å². The van der Waals surface area contributed by atoms with Crippen LogP contribution in [0.2, 0.25) is 0 Å². The van der Waals surface area contributed by atoms with Crippen LogP contribution in [0.3, 0.4) is 0 Å². The molecule has 1 saturated heterocycles. The summed E-state index contributed by atoms with van der Waals surface area (Å²) in [7, 11) is 0. The minimum atomic E-state index is -0.583. The standard InChI is InChI=1S/C11H19NO/c1-4-5-11(13)6-8-12(9-7-11)10(2)3/h1,10,13H,5-9H2,2-3H3. The van der Waals surface area contributed by atoms with Crippen molar-refractivity contribution in [1.29, 1.82) is 0 Å². The smallest absolute Gasteiger partial charge is 0.0780 e. The van der Waals surface area contributed by atoms with Gasteiger partial charge in [0.15, 0.2) is 0 Å². The second-order valence-corrected chi connectivity index (χ2v) is 4.23. The Morgan fingerprint density at radius 1 is 1.46 bits per heavy atom. The fourth-order valence-corrected chi connectivity index (χ4v) is 1.82. The molecule has 1 heterocycles. The monoisotopic (exact) mass is 181 g/mol. The van der Waals surface area contributed by atoms with Gasteiger partial charge in [-0.1, -0.05) is 0 Å². The third kappa shape index (κ3) is 2.72. The van der Waals surface area contributed by atoms with Gasteiger partial charge in [-0.2, -0.15) is 0 Å². The summed E-state index contributed by atoms with van der Waals surface area (Å²) in [6.07, 6.45) is 7.34. The molecule has 1 aliphatic rings. The van der Waals surface area contributed by atoms with E-state index in [2.05, 4.69) is 24.7 Å². The minimum absolute atomic E-state index is 0.499. The maximum Gasteiger partial charge on any atom is 0.0780 e. The van der Waals surface area contributed by atoms with Crippen molar-refractivity contribution in [2.45, 2.75) is 44.8 Å². The lowest BCUT2D eigenvalue weighted by Gasteiger charge is -2.39. The number of likely N-dealkylation sites (tertiary alicyclic amines) is 1. The van der Waals surface area contributed by atoms with Crippen LogP contribution in [0.4, 0.5) is 0 Å². The Balaban J connectivity index is 2.43. The molecule has 0 aromatic rings. The van der Waals surface area contributed by atoms with Crippen molar-refractivity contribution in [1.82, 2.24) is 4.90 Å². The maximum atomic E-state index is 10.0. The Morgan fingerprint density at radius 2 is 2.00 bits per heavy atom. The molecule has 0 aromatic heterocycles. The molecule has 0 radical (unpaired) electrons. The van der Waals surface area contributed by atoms with E-state index in [1.54, 1.807) is 0 Å². The van der Waals surface area contributed by atoms with E-state index in [0.717, 1.165) is 25.9 Å². The van der Waals surface area contributed by atoms with Crippen LogP contribution in [0.5, 0.6) is 0 Å². The van der Waals surface area contributed by atoms with E-state index in [0.29, 0.717) is 12.5 Å². The second kappa shape index (κ2) is 4.13. The second-order valence-electron chi connectivity index (χ2n) is 4.23. The van der Waals surface area contributed by atoms with Crippen LogP contribution in [0.15, 0.2) is 0 Å². The SMILES string of the molecule is C#CCC1(O)CCN(C(C)C)CC1. The molecule has 1 fully saturated rings. The zero-order valence-corrected chi connectivity index (χ0v) is 8.58. The molecule has 0 atom stereocenters. The van der Waals surface area contributed by atoms with Crippen molar-refractivity contribution in [3.05, 3.63) is 0 Å². The summed E-state index contributed by atoms with van der Waals surface area (Å²) in [4.78, 5) is 2.38. The van der Waals surface area contributed by atoms with Crippen molar-refractivity contribution in [2.75, 3.05) is 13.1 Å². The van der Waals surface area contributed by atoms with Crippen LogP contribution in [-0.2, 0) is 0 Å². The fourth-order valence-electron chi connectivity index (χ4n) is 1.82. The van der Waals surface area contributed by atoms with Gasteiger partial charge in [-0.3, -0.25) is 0 Å². The molecule has 0 spiro atoms. The molecule has 0 unspecified atom stereocenters. The largest absolute Gasteiger partial charge is 0.389 e. The van der Waals surface area contributed by atoms with E-state index in [1.807, 2.05) is 0 Å². The zero-order valence-electron chi connectivity index (χ0n) is 8.58. The van der Waals surface area contributed by atoms with E-state index in [9.17, 15) is 5.11 Å². The summed E-state index contributed by atoms with van der Waals surface area (Å²) in [6.45, 7) is 6.31. The van der Waals surface area contributed by atoms with Crippen molar-refractivity contribution in [2.24, 2.45) is 0 Å². The molecule has 0 saturated carbocycles. The van der Waals surface area contributed by atoms with E-state index in [4.69, 9.17) is 6.42 Å². The van der Waals surface area contributed by atoms with Gasteiger partial charge in [0, 0.05) is 25.6 Å². The van der Waals surface area contributed by atoms with Gasteiger partial charge >= 0.3 is 0 Å². The molecule has 2 heteroatoms. The van der Waals surface area contributed by atoms with Gasteiger partial charge in [0.2, 0.25) is 0 Å². The predicted octanol–water partition coefficient (Wildman–Crippen LogP) is 1.25. The molecular weight excluding hydrogens is 162 g/mol. The topological polar surface area (TPSA) is 23.5 Å². The lowest BCUT2D eigenvalue weighted by molar-refractivity contribution is -0.0235. The first kappa shape index (κ1) is 10.6. The number of nitrogens with zero attached hydrogens (tertiary/aromatic N) is 1.